The summed E-state index contributed by atoms with van der Waals surface area (Å²) in [5.41, 5.74) is 0. The zero-order chi connectivity index (χ0) is 8.81. The predicted molar refractivity (Wildman–Crippen MR) is 53.6 cm³/mol. The van der Waals surface area contributed by atoms with Gasteiger partial charge in [0, 0.05) is 20.0 Å². The highest BCUT2D eigenvalue weighted by molar-refractivity contribution is 5.84. The SMILES string of the molecule is CN=C(NC)C1CCCCCC1. The van der Waals surface area contributed by atoms with E-state index < -0.39 is 0 Å². The predicted octanol–water partition coefficient (Wildman–Crippen LogP) is 2.20. The summed E-state index contributed by atoms with van der Waals surface area (Å²) < 4.78 is 0. The van der Waals surface area contributed by atoms with Crippen LogP contribution in [-0.4, -0.2) is 19.9 Å². The summed E-state index contributed by atoms with van der Waals surface area (Å²) in [7, 11) is 3.87. The molecule has 2 heteroatoms. The third-order valence-corrected chi connectivity index (χ3v) is 2.74. The van der Waals surface area contributed by atoms with Crippen molar-refractivity contribution >= 4 is 5.84 Å². The quantitative estimate of drug-likeness (QED) is 0.362. The van der Waals surface area contributed by atoms with Crippen LogP contribution in [0.4, 0.5) is 0 Å². The molecule has 12 heavy (non-hydrogen) atoms. The molecule has 1 fully saturated rings. The highest BCUT2D eigenvalue weighted by atomic mass is 15.0. The van der Waals surface area contributed by atoms with Crippen molar-refractivity contribution in [2.45, 2.75) is 38.5 Å². The van der Waals surface area contributed by atoms with Crippen molar-refractivity contribution in [2.75, 3.05) is 14.1 Å². The van der Waals surface area contributed by atoms with E-state index in [2.05, 4.69) is 10.3 Å². The van der Waals surface area contributed by atoms with Crippen LogP contribution >= 0.6 is 0 Å². The van der Waals surface area contributed by atoms with Crippen LogP contribution in [0.2, 0.25) is 0 Å². The molecule has 0 spiro atoms. The first-order valence-corrected chi connectivity index (χ1v) is 5.03. The van der Waals surface area contributed by atoms with Crippen molar-refractivity contribution in [3.8, 4) is 0 Å². The van der Waals surface area contributed by atoms with Gasteiger partial charge in [0.1, 0.15) is 0 Å². The van der Waals surface area contributed by atoms with Gasteiger partial charge in [-0.25, -0.2) is 0 Å². The van der Waals surface area contributed by atoms with E-state index in [1.165, 1.54) is 44.4 Å². The minimum absolute atomic E-state index is 0.711. The lowest BCUT2D eigenvalue weighted by atomic mass is 9.99. The zero-order valence-corrected chi connectivity index (χ0v) is 8.27. The Morgan fingerprint density at radius 3 is 2.17 bits per heavy atom. The lowest BCUT2D eigenvalue weighted by Crippen LogP contribution is -2.27. The van der Waals surface area contributed by atoms with Crippen LogP contribution in [0, 0.1) is 5.92 Å². The van der Waals surface area contributed by atoms with E-state index in [1.807, 2.05) is 14.1 Å². The molecule has 0 aromatic rings. The van der Waals surface area contributed by atoms with Gasteiger partial charge in [-0.2, -0.15) is 0 Å². The van der Waals surface area contributed by atoms with Gasteiger partial charge in [-0.05, 0) is 12.8 Å². The van der Waals surface area contributed by atoms with Gasteiger partial charge in [0.25, 0.3) is 0 Å². The molecule has 1 aliphatic rings. The maximum atomic E-state index is 4.28. The summed E-state index contributed by atoms with van der Waals surface area (Å²) in [6.45, 7) is 0. The Hall–Kier alpha value is -0.530. The molecule has 2 nitrogen and oxygen atoms in total. The molecule has 0 radical (unpaired) electrons. The monoisotopic (exact) mass is 168 g/mol. The van der Waals surface area contributed by atoms with Crippen LogP contribution in [0.25, 0.3) is 0 Å². The summed E-state index contributed by atoms with van der Waals surface area (Å²) in [5.74, 6) is 1.92. The summed E-state index contributed by atoms with van der Waals surface area (Å²) in [4.78, 5) is 4.28. The van der Waals surface area contributed by atoms with Crippen LogP contribution in [0.1, 0.15) is 38.5 Å². The van der Waals surface area contributed by atoms with E-state index in [1.54, 1.807) is 0 Å². The molecule has 1 aliphatic carbocycles. The van der Waals surface area contributed by atoms with E-state index in [9.17, 15) is 0 Å². The molecule has 1 saturated carbocycles. The topological polar surface area (TPSA) is 24.4 Å². The molecule has 0 aliphatic heterocycles. The van der Waals surface area contributed by atoms with Gasteiger partial charge in [-0.1, -0.05) is 25.7 Å². The van der Waals surface area contributed by atoms with Gasteiger partial charge in [-0.15, -0.1) is 0 Å². The first-order valence-electron chi connectivity index (χ1n) is 5.03. The number of nitrogens with one attached hydrogen (secondary N) is 1. The summed E-state index contributed by atoms with van der Waals surface area (Å²) in [5, 5.41) is 3.20. The fourth-order valence-corrected chi connectivity index (χ4v) is 2.05. The largest absolute Gasteiger partial charge is 0.377 e. The molecule has 0 heterocycles. The van der Waals surface area contributed by atoms with Crippen molar-refractivity contribution in [3.05, 3.63) is 0 Å². The molecular weight excluding hydrogens is 148 g/mol. The van der Waals surface area contributed by atoms with Crippen molar-refractivity contribution in [2.24, 2.45) is 10.9 Å². The van der Waals surface area contributed by atoms with E-state index in [0.29, 0.717) is 5.92 Å². The van der Waals surface area contributed by atoms with Crippen LogP contribution in [0.3, 0.4) is 0 Å². The number of aliphatic imine (C=N–C) groups is 1. The van der Waals surface area contributed by atoms with Crippen molar-refractivity contribution in [3.63, 3.8) is 0 Å². The lowest BCUT2D eigenvalue weighted by molar-refractivity contribution is 0.577. The highest BCUT2D eigenvalue weighted by Gasteiger charge is 2.16. The second-order valence-corrected chi connectivity index (χ2v) is 3.55. The molecule has 0 saturated heterocycles. The average molecular weight is 168 g/mol. The van der Waals surface area contributed by atoms with Gasteiger partial charge in [0.2, 0.25) is 0 Å². The standard InChI is InChI=1S/C10H20N2/c1-11-10(12-2)9-7-5-3-4-6-8-9/h9H,3-8H2,1-2H3,(H,11,12). The van der Waals surface area contributed by atoms with Crippen LogP contribution in [0.15, 0.2) is 4.99 Å². The second-order valence-electron chi connectivity index (χ2n) is 3.55. The van der Waals surface area contributed by atoms with E-state index >= 15 is 0 Å². The third kappa shape index (κ3) is 2.50. The Morgan fingerprint density at radius 1 is 1.17 bits per heavy atom. The number of hydrogen-bond donors (Lipinski definition) is 1. The molecule has 0 unspecified atom stereocenters. The Balaban J connectivity index is 2.47. The molecular formula is C10H20N2. The smallest absolute Gasteiger partial charge is 0.0988 e. The Morgan fingerprint density at radius 2 is 1.75 bits per heavy atom. The number of nitrogens with zero attached hydrogens (tertiary/aromatic N) is 1. The fraction of sp³-hybridized carbons (Fsp3) is 0.900. The van der Waals surface area contributed by atoms with E-state index in [0.717, 1.165) is 0 Å². The lowest BCUT2D eigenvalue weighted by Gasteiger charge is -2.15. The molecule has 0 amide bonds. The second kappa shape index (κ2) is 5.18. The number of amidine groups is 1. The molecule has 0 aromatic carbocycles. The third-order valence-electron chi connectivity index (χ3n) is 2.74. The molecule has 0 aromatic heterocycles. The van der Waals surface area contributed by atoms with Crippen molar-refractivity contribution in [1.82, 2.24) is 5.32 Å². The molecule has 1 N–H and O–H groups in total. The van der Waals surface area contributed by atoms with Gasteiger partial charge < -0.3 is 5.32 Å². The zero-order valence-electron chi connectivity index (χ0n) is 8.27. The van der Waals surface area contributed by atoms with E-state index in [4.69, 9.17) is 0 Å². The molecule has 0 atom stereocenters. The van der Waals surface area contributed by atoms with Gasteiger partial charge in [0.05, 0.1) is 5.84 Å². The van der Waals surface area contributed by atoms with Crippen LogP contribution in [-0.2, 0) is 0 Å². The normalized spacial score (nSPS) is 22.0. The Labute approximate surface area is 75.5 Å². The number of rotatable bonds is 1. The van der Waals surface area contributed by atoms with Crippen LogP contribution in [0.5, 0.6) is 0 Å². The fourth-order valence-electron chi connectivity index (χ4n) is 2.05. The van der Waals surface area contributed by atoms with Crippen LogP contribution < -0.4 is 5.32 Å². The Bertz CT molecular complexity index is 144. The number of hydrogen-bond acceptors (Lipinski definition) is 1. The van der Waals surface area contributed by atoms with Crippen molar-refractivity contribution in [1.29, 1.82) is 0 Å². The summed E-state index contributed by atoms with van der Waals surface area (Å²) in [6.07, 6.45) is 8.24. The van der Waals surface area contributed by atoms with E-state index in [-0.39, 0.29) is 0 Å². The van der Waals surface area contributed by atoms with Crippen molar-refractivity contribution < 1.29 is 0 Å². The maximum absolute atomic E-state index is 4.28. The average Bonchev–Trinajstić information content (AvgIpc) is 2.35. The van der Waals surface area contributed by atoms with Gasteiger partial charge in [0.15, 0.2) is 0 Å². The molecule has 70 valence electrons. The highest BCUT2D eigenvalue weighted by Crippen LogP contribution is 2.23. The summed E-state index contributed by atoms with van der Waals surface area (Å²) >= 11 is 0. The molecule has 0 bridgehead atoms. The minimum Gasteiger partial charge on any atom is -0.377 e. The van der Waals surface area contributed by atoms with Gasteiger partial charge in [-0.3, -0.25) is 4.99 Å². The molecule has 1 rings (SSSR count). The minimum atomic E-state index is 0.711. The van der Waals surface area contributed by atoms with Gasteiger partial charge >= 0.3 is 0 Å². The first-order chi connectivity index (χ1) is 5.88. The first kappa shape index (κ1) is 9.56. The maximum Gasteiger partial charge on any atom is 0.0988 e. The summed E-state index contributed by atoms with van der Waals surface area (Å²) in [6, 6.07) is 0. The Kier molecular flexibility index (Phi) is 4.12.